The summed E-state index contributed by atoms with van der Waals surface area (Å²) in [7, 11) is 0. The van der Waals surface area contributed by atoms with Gasteiger partial charge in [0, 0.05) is 15.4 Å². The summed E-state index contributed by atoms with van der Waals surface area (Å²) in [6.45, 7) is 1.99. The minimum atomic E-state index is -0.103. The molecule has 1 heterocycles. The third-order valence-corrected chi connectivity index (χ3v) is 5.28. The molecule has 0 aliphatic heterocycles. The molecule has 0 bridgehead atoms. The van der Waals surface area contributed by atoms with Crippen molar-refractivity contribution in [2.24, 2.45) is 0 Å². The van der Waals surface area contributed by atoms with Crippen LogP contribution in [0.25, 0.3) is 22.2 Å². The Hall–Kier alpha value is -2.98. The van der Waals surface area contributed by atoms with Crippen molar-refractivity contribution >= 4 is 32.7 Å². The van der Waals surface area contributed by atoms with E-state index in [0.717, 1.165) is 32.2 Å². The van der Waals surface area contributed by atoms with Gasteiger partial charge < -0.3 is 5.32 Å². The predicted octanol–water partition coefficient (Wildman–Crippen LogP) is 6.16. The second kappa shape index (κ2) is 7.95. The molecule has 3 nitrogen and oxygen atoms in total. The quantitative estimate of drug-likeness (QED) is 0.421. The van der Waals surface area contributed by atoms with Crippen molar-refractivity contribution in [2.75, 3.05) is 0 Å². The summed E-state index contributed by atoms with van der Waals surface area (Å²) < 4.78 is 1.01. The number of fused-ring (bicyclic) bond motifs is 1. The molecule has 0 radical (unpaired) electrons. The largest absolute Gasteiger partial charge is 0.345 e. The highest BCUT2D eigenvalue weighted by molar-refractivity contribution is 9.10. The van der Waals surface area contributed by atoms with Crippen molar-refractivity contribution < 1.29 is 4.79 Å². The lowest BCUT2D eigenvalue weighted by Crippen LogP contribution is -2.27. The average molecular weight is 431 g/mol. The monoisotopic (exact) mass is 430 g/mol. The number of halogens is 1. The maximum absolute atomic E-state index is 13.1. The molecule has 28 heavy (non-hydrogen) atoms. The Kier molecular flexibility index (Phi) is 5.22. The van der Waals surface area contributed by atoms with Crippen molar-refractivity contribution in [1.82, 2.24) is 10.3 Å². The molecule has 1 aromatic heterocycles. The van der Waals surface area contributed by atoms with Crippen LogP contribution in [0, 0.1) is 0 Å². The summed E-state index contributed by atoms with van der Waals surface area (Å²) in [5, 5.41) is 3.97. The third-order valence-electron chi connectivity index (χ3n) is 4.75. The Bertz CT molecular complexity index is 1120. The lowest BCUT2D eigenvalue weighted by Gasteiger charge is -2.16. The lowest BCUT2D eigenvalue weighted by atomic mass is 10.0. The topological polar surface area (TPSA) is 42.0 Å². The number of nitrogens with zero attached hydrogens (tertiary/aromatic N) is 1. The molecule has 0 aliphatic rings. The van der Waals surface area contributed by atoms with E-state index in [1.807, 2.05) is 91.9 Å². The zero-order valence-corrected chi connectivity index (χ0v) is 17.0. The number of rotatable bonds is 4. The summed E-state index contributed by atoms with van der Waals surface area (Å²) in [5.74, 6) is -0.103. The highest BCUT2D eigenvalue weighted by Crippen LogP contribution is 2.26. The summed E-state index contributed by atoms with van der Waals surface area (Å²) >= 11 is 3.46. The van der Waals surface area contributed by atoms with Crippen LogP contribution in [-0.2, 0) is 0 Å². The van der Waals surface area contributed by atoms with Crippen LogP contribution in [0.2, 0.25) is 0 Å². The van der Waals surface area contributed by atoms with Crippen LogP contribution in [-0.4, -0.2) is 10.9 Å². The Morgan fingerprint density at radius 3 is 2.36 bits per heavy atom. The fourth-order valence-corrected chi connectivity index (χ4v) is 3.50. The van der Waals surface area contributed by atoms with Crippen LogP contribution in [0.3, 0.4) is 0 Å². The van der Waals surface area contributed by atoms with E-state index < -0.39 is 0 Å². The maximum Gasteiger partial charge on any atom is 0.252 e. The minimum Gasteiger partial charge on any atom is -0.345 e. The molecule has 0 spiro atoms. The highest BCUT2D eigenvalue weighted by Gasteiger charge is 2.16. The van der Waals surface area contributed by atoms with E-state index in [-0.39, 0.29) is 11.9 Å². The number of hydrogen-bond donors (Lipinski definition) is 1. The van der Waals surface area contributed by atoms with Crippen molar-refractivity contribution in [1.29, 1.82) is 0 Å². The van der Waals surface area contributed by atoms with Crippen LogP contribution in [0.5, 0.6) is 0 Å². The average Bonchev–Trinajstić information content (AvgIpc) is 2.74. The van der Waals surface area contributed by atoms with Gasteiger partial charge in [-0.2, -0.15) is 0 Å². The number of carbonyl (C=O) groups excluding carboxylic acids is 1. The molecule has 0 saturated carbocycles. The first kappa shape index (κ1) is 18.4. The van der Waals surface area contributed by atoms with Crippen molar-refractivity contribution in [3.8, 4) is 11.3 Å². The normalized spacial score (nSPS) is 11.9. The van der Waals surface area contributed by atoms with Crippen molar-refractivity contribution in [2.45, 2.75) is 13.0 Å². The fraction of sp³-hybridized carbons (Fsp3) is 0.0833. The molecular formula is C24H19BrN2O. The molecular weight excluding hydrogens is 412 g/mol. The van der Waals surface area contributed by atoms with Gasteiger partial charge in [-0.15, -0.1) is 0 Å². The molecule has 1 unspecified atom stereocenters. The molecule has 4 heteroatoms. The van der Waals surface area contributed by atoms with Crippen LogP contribution >= 0.6 is 15.9 Å². The van der Waals surface area contributed by atoms with E-state index >= 15 is 0 Å². The van der Waals surface area contributed by atoms with Gasteiger partial charge in [0.2, 0.25) is 0 Å². The van der Waals surface area contributed by atoms with E-state index in [1.165, 1.54) is 0 Å². The van der Waals surface area contributed by atoms with Gasteiger partial charge in [-0.3, -0.25) is 4.79 Å². The predicted molar refractivity (Wildman–Crippen MR) is 117 cm³/mol. The molecule has 1 amide bonds. The number of hydrogen-bond acceptors (Lipinski definition) is 2. The van der Waals surface area contributed by atoms with Gasteiger partial charge in [0.05, 0.1) is 22.8 Å². The number of benzene rings is 3. The third kappa shape index (κ3) is 3.82. The van der Waals surface area contributed by atoms with Crippen LogP contribution in [0.1, 0.15) is 28.9 Å². The minimum absolute atomic E-state index is 0.0863. The Labute approximate surface area is 172 Å². The Balaban J connectivity index is 1.74. The van der Waals surface area contributed by atoms with Gasteiger partial charge in [-0.1, -0.05) is 76.6 Å². The standard InChI is InChI=1S/C24H19BrN2O/c1-16(17-7-3-2-4-8-17)26-24(28)21-15-23(18-11-13-19(25)14-12-18)27-22-10-6-5-9-20(21)22/h2-16H,1H3,(H,26,28). The van der Waals surface area contributed by atoms with Crippen LogP contribution in [0.4, 0.5) is 0 Å². The van der Waals surface area contributed by atoms with Crippen LogP contribution in [0.15, 0.2) is 89.4 Å². The number of para-hydroxylation sites is 1. The van der Waals surface area contributed by atoms with Crippen molar-refractivity contribution in [3.05, 3.63) is 101 Å². The Morgan fingerprint density at radius 1 is 0.929 bits per heavy atom. The first-order valence-corrected chi connectivity index (χ1v) is 9.92. The van der Waals surface area contributed by atoms with Gasteiger partial charge in [-0.25, -0.2) is 4.98 Å². The molecule has 4 aromatic rings. The molecule has 0 saturated heterocycles. The van der Waals surface area contributed by atoms with Gasteiger partial charge in [0.15, 0.2) is 0 Å². The van der Waals surface area contributed by atoms with Gasteiger partial charge >= 0.3 is 0 Å². The highest BCUT2D eigenvalue weighted by atomic mass is 79.9. The zero-order chi connectivity index (χ0) is 19.5. The molecule has 1 atom stereocenters. The van der Waals surface area contributed by atoms with Gasteiger partial charge in [-0.05, 0) is 36.8 Å². The van der Waals surface area contributed by atoms with E-state index in [1.54, 1.807) is 0 Å². The first-order chi connectivity index (χ1) is 13.6. The number of pyridine rings is 1. The first-order valence-electron chi connectivity index (χ1n) is 9.13. The van der Waals surface area contributed by atoms with E-state index in [0.29, 0.717) is 5.56 Å². The zero-order valence-electron chi connectivity index (χ0n) is 15.4. The molecule has 3 aromatic carbocycles. The number of nitrogens with one attached hydrogen (secondary N) is 1. The maximum atomic E-state index is 13.1. The van der Waals surface area contributed by atoms with E-state index in [2.05, 4.69) is 21.2 Å². The second-order valence-corrected chi connectivity index (χ2v) is 7.60. The van der Waals surface area contributed by atoms with Crippen molar-refractivity contribution in [3.63, 3.8) is 0 Å². The van der Waals surface area contributed by atoms with Gasteiger partial charge in [0.25, 0.3) is 5.91 Å². The van der Waals surface area contributed by atoms with E-state index in [4.69, 9.17) is 4.98 Å². The summed E-state index contributed by atoms with van der Waals surface area (Å²) in [4.78, 5) is 17.9. The van der Waals surface area contributed by atoms with E-state index in [9.17, 15) is 4.79 Å². The molecule has 0 aliphatic carbocycles. The number of amides is 1. The molecule has 0 fully saturated rings. The van der Waals surface area contributed by atoms with Crippen LogP contribution < -0.4 is 5.32 Å². The Morgan fingerprint density at radius 2 is 1.61 bits per heavy atom. The smallest absolute Gasteiger partial charge is 0.252 e. The molecule has 1 N–H and O–H groups in total. The second-order valence-electron chi connectivity index (χ2n) is 6.68. The molecule has 4 rings (SSSR count). The summed E-state index contributed by atoms with van der Waals surface area (Å²) in [6.07, 6.45) is 0. The molecule has 138 valence electrons. The summed E-state index contributed by atoms with van der Waals surface area (Å²) in [5.41, 5.74) is 4.26. The number of carbonyl (C=O) groups is 1. The van der Waals surface area contributed by atoms with Gasteiger partial charge in [0.1, 0.15) is 0 Å². The summed E-state index contributed by atoms with van der Waals surface area (Å²) in [6, 6.07) is 27.4. The fourth-order valence-electron chi connectivity index (χ4n) is 3.23. The number of aromatic nitrogens is 1. The lowest BCUT2D eigenvalue weighted by molar-refractivity contribution is 0.0941. The SMILES string of the molecule is CC(NC(=O)c1cc(-c2ccc(Br)cc2)nc2ccccc12)c1ccccc1.